The predicted molar refractivity (Wildman–Crippen MR) is 90.3 cm³/mol. The number of carbonyl (C=O) groups is 2. The van der Waals surface area contributed by atoms with Crippen molar-refractivity contribution in [3.63, 3.8) is 0 Å². The summed E-state index contributed by atoms with van der Waals surface area (Å²) in [6.07, 6.45) is 0. The van der Waals surface area contributed by atoms with Gasteiger partial charge in [-0.15, -0.1) is 0 Å². The monoisotopic (exact) mass is 335 g/mol. The van der Waals surface area contributed by atoms with Gasteiger partial charge in [0, 0.05) is 22.0 Å². The van der Waals surface area contributed by atoms with E-state index >= 15 is 0 Å². The van der Waals surface area contributed by atoms with Gasteiger partial charge in [-0.25, -0.2) is 9.59 Å². The molecule has 0 aliphatic heterocycles. The summed E-state index contributed by atoms with van der Waals surface area (Å²) in [6.45, 7) is 5.53. The number of esters is 1. The highest BCUT2D eigenvalue weighted by Gasteiger charge is 2.20. The number of carbonyl (C=O) groups excluding carboxylic acids is 2. The first-order valence-corrected chi connectivity index (χ1v) is 7.50. The van der Waals surface area contributed by atoms with Crippen LogP contribution in [0.4, 0.5) is 16.3 Å². The smallest absolute Gasteiger partial charge is 0.340 e. The molecule has 23 heavy (non-hydrogen) atoms. The molecule has 122 valence electrons. The van der Waals surface area contributed by atoms with Crippen molar-refractivity contribution in [3.05, 3.63) is 46.1 Å². The summed E-state index contributed by atoms with van der Waals surface area (Å²) in [5.41, 5.74) is 2.32. The minimum absolute atomic E-state index is 0.294. The van der Waals surface area contributed by atoms with Gasteiger partial charge in [0.05, 0.1) is 12.2 Å². The lowest BCUT2D eigenvalue weighted by atomic mass is 10.1. The minimum Gasteiger partial charge on any atom is -0.462 e. The highest BCUT2D eigenvalue weighted by molar-refractivity contribution is 6.30. The van der Waals surface area contributed by atoms with Crippen LogP contribution in [-0.4, -0.2) is 23.6 Å². The molecule has 0 fully saturated rings. The largest absolute Gasteiger partial charge is 0.462 e. The Kier molecular flexibility index (Phi) is 5.28. The standard InChI is InChI=1S/C16H18ClN3O3/c1-4-23-15(21)13-9(2)14(18-10(13)3)20-16(22)19-12-7-5-11(17)6-8-12/h5-8,18H,4H2,1-3H3,(H2,19,20,22). The second-order valence-corrected chi connectivity index (χ2v) is 5.37. The fourth-order valence-corrected chi connectivity index (χ4v) is 2.32. The molecule has 0 saturated heterocycles. The van der Waals surface area contributed by atoms with Gasteiger partial charge >= 0.3 is 12.0 Å². The SMILES string of the molecule is CCOC(=O)c1c(C)[nH]c(NC(=O)Nc2ccc(Cl)cc2)c1C. The molecule has 0 bridgehead atoms. The fraction of sp³-hybridized carbons (Fsp3) is 0.250. The molecule has 2 aromatic rings. The molecular weight excluding hydrogens is 318 g/mol. The number of ether oxygens (including phenoxy) is 1. The van der Waals surface area contributed by atoms with Crippen molar-refractivity contribution in [2.45, 2.75) is 20.8 Å². The van der Waals surface area contributed by atoms with Crippen LogP contribution in [-0.2, 0) is 4.74 Å². The Morgan fingerprint density at radius 2 is 1.83 bits per heavy atom. The summed E-state index contributed by atoms with van der Waals surface area (Å²) < 4.78 is 5.01. The zero-order valence-electron chi connectivity index (χ0n) is 13.1. The third-order valence-corrected chi connectivity index (χ3v) is 3.51. The Hall–Kier alpha value is -2.47. The van der Waals surface area contributed by atoms with Crippen molar-refractivity contribution in [1.82, 2.24) is 4.98 Å². The molecule has 1 aromatic carbocycles. The van der Waals surface area contributed by atoms with Crippen LogP contribution in [0.15, 0.2) is 24.3 Å². The molecule has 7 heteroatoms. The molecular formula is C16H18ClN3O3. The van der Waals surface area contributed by atoms with Crippen LogP contribution < -0.4 is 10.6 Å². The lowest BCUT2D eigenvalue weighted by Crippen LogP contribution is -2.20. The van der Waals surface area contributed by atoms with Gasteiger partial charge in [-0.2, -0.15) is 0 Å². The van der Waals surface area contributed by atoms with Gasteiger partial charge in [0.2, 0.25) is 0 Å². The summed E-state index contributed by atoms with van der Waals surface area (Å²) in [7, 11) is 0. The van der Waals surface area contributed by atoms with E-state index in [2.05, 4.69) is 15.6 Å². The number of aromatic nitrogens is 1. The molecule has 0 aliphatic rings. The van der Waals surface area contributed by atoms with E-state index < -0.39 is 12.0 Å². The molecule has 0 radical (unpaired) electrons. The summed E-state index contributed by atoms with van der Waals surface area (Å²) in [4.78, 5) is 27.0. The first-order valence-electron chi connectivity index (χ1n) is 7.12. The minimum atomic E-state index is -0.424. The van der Waals surface area contributed by atoms with Crippen LogP contribution >= 0.6 is 11.6 Å². The molecule has 1 aromatic heterocycles. The number of hydrogen-bond donors (Lipinski definition) is 3. The Balaban J connectivity index is 2.11. The molecule has 6 nitrogen and oxygen atoms in total. The summed E-state index contributed by atoms with van der Waals surface area (Å²) in [5.74, 6) is 0.0435. The van der Waals surface area contributed by atoms with Crippen LogP contribution in [0.3, 0.4) is 0 Å². The van der Waals surface area contributed by atoms with Crippen LogP contribution in [0.25, 0.3) is 0 Å². The van der Waals surface area contributed by atoms with E-state index in [-0.39, 0.29) is 0 Å². The summed E-state index contributed by atoms with van der Waals surface area (Å²) in [5, 5.41) is 5.96. The molecule has 2 amide bonds. The maximum absolute atomic E-state index is 12.0. The van der Waals surface area contributed by atoms with Gasteiger partial charge in [0.1, 0.15) is 5.82 Å². The average molecular weight is 336 g/mol. The number of rotatable bonds is 4. The van der Waals surface area contributed by atoms with E-state index in [1.807, 2.05) is 0 Å². The van der Waals surface area contributed by atoms with Crippen molar-refractivity contribution in [1.29, 1.82) is 0 Å². The Morgan fingerprint density at radius 3 is 2.43 bits per heavy atom. The number of nitrogens with one attached hydrogen (secondary N) is 3. The lowest BCUT2D eigenvalue weighted by molar-refractivity contribution is 0.0525. The number of hydrogen-bond acceptors (Lipinski definition) is 3. The van der Waals surface area contributed by atoms with E-state index in [4.69, 9.17) is 16.3 Å². The van der Waals surface area contributed by atoms with Crippen molar-refractivity contribution in [2.75, 3.05) is 17.2 Å². The number of urea groups is 1. The molecule has 0 aliphatic carbocycles. The van der Waals surface area contributed by atoms with Crippen molar-refractivity contribution in [2.24, 2.45) is 0 Å². The van der Waals surface area contributed by atoms with Crippen LogP contribution in [0.2, 0.25) is 5.02 Å². The number of anilines is 2. The fourth-order valence-electron chi connectivity index (χ4n) is 2.19. The van der Waals surface area contributed by atoms with E-state index in [0.29, 0.717) is 40.0 Å². The number of H-pyrrole nitrogens is 1. The predicted octanol–water partition coefficient (Wildman–Crippen LogP) is 4.11. The van der Waals surface area contributed by atoms with Gasteiger partial charge < -0.3 is 15.0 Å². The molecule has 1 heterocycles. The van der Waals surface area contributed by atoms with Crippen LogP contribution in [0.1, 0.15) is 28.5 Å². The first-order chi connectivity index (χ1) is 10.9. The normalized spacial score (nSPS) is 10.3. The number of halogens is 1. The number of benzene rings is 1. The van der Waals surface area contributed by atoms with Gasteiger partial charge in [-0.3, -0.25) is 5.32 Å². The van der Waals surface area contributed by atoms with Gasteiger partial charge in [0.25, 0.3) is 0 Å². The Morgan fingerprint density at radius 1 is 1.17 bits per heavy atom. The summed E-state index contributed by atoms with van der Waals surface area (Å²) >= 11 is 5.80. The zero-order valence-corrected chi connectivity index (χ0v) is 13.9. The number of aryl methyl sites for hydroxylation is 1. The van der Waals surface area contributed by atoms with Gasteiger partial charge in [0.15, 0.2) is 0 Å². The quantitative estimate of drug-likeness (QED) is 0.735. The summed E-state index contributed by atoms with van der Waals surface area (Å²) in [6, 6.07) is 6.32. The molecule has 0 atom stereocenters. The topological polar surface area (TPSA) is 83.2 Å². The second-order valence-electron chi connectivity index (χ2n) is 4.93. The number of aromatic amines is 1. The maximum Gasteiger partial charge on any atom is 0.340 e. The maximum atomic E-state index is 12.0. The van der Waals surface area contributed by atoms with Crippen LogP contribution in [0, 0.1) is 13.8 Å². The highest BCUT2D eigenvalue weighted by atomic mass is 35.5. The molecule has 0 unspecified atom stereocenters. The van der Waals surface area contributed by atoms with Crippen molar-refractivity contribution >= 4 is 35.1 Å². The van der Waals surface area contributed by atoms with Gasteiger partial charge in [-0.05, 0) is 45.0 Å². The van der Waals surface area contributed by atoms with Crippen molar-refractivity contribution in [3.8, 4) is 0 Å². The molecule has 3 N–H and O–H groups in total. The third-order valence-electron chi connectivity index (χ3n) is 3.26. The molecule has 2 rings (SSSR count). The first kappa shape index (κ1) is 16.9. The highest BCUT2D eigenvalue weighted by Crippen LogP contribution is 2.23. The van der Waals surface area contributed by atoms with E-state index in [0.717, 1.165) is 0 Å². The third kappa shape index (κ3) is 4.04. The average Bonchev–Trinajstić information content (AvgIpc) is 2.76. The van der Waals surface area contributed by atoms with Gasteiger partial charge in [-0.1, -0.05) is 11.6 Å². The lowest BCUT2D eigenvalue weighted by Gasteiger charge is -2.07. The Bertz CT molecular complexity index is 723. The molecule has 0 saturated carbocycles. The zero-order chi connectivity index (χ0) is 17.0. The number of amides is 2. The van der Waals surface area contributed by atoms with Crippen LogP contribution in [0.5, 0.6) is 0 Å². The molecule has 0 spiro atoms. The van der Waals surface area contributed by atoms with E-state index in [1.165, 1.54) is 0 Å². The van der Waals surface area contributed by atoms with E-state index in [1.54, 1.807) is 45.0 Å². The Labute approximate surface area is 139 Å². The second kappa shape index (κ2) is 7.19. The van der Waals surface area contributed by atoms with E-state index in [9.17, 15) is 9.59 Å². The van der Waals surface area contributed by atoms with Crippen molar-refractivity contribution < 1.29 is 14.3 Å².